The fraction of sp³-hybridized carbons (Fsp3) is 0.304. The van der Waals surface area contributed by atoms with E-state index in [4.69, 9.17) is 0 Å². The first kappa shape index (κ1) is 22.0. The van der Waals surface area contributed by atoms with Gasteiger partial charge in [0.1, 0.15) is 0 Å². The van der Waals surface area contributed by atoms with Crippen LogP contribution in [0.5, 0.6) is 0 Å². The lowest BCUT2D eigenvalue weighted by Crippen LogP contribution is -2.49. The lowest BCUT2D eigenvalue weighted by molar-refractivity contribution is 0.0746. The number of nitrogens with zero attached hydrogens (tertiary/aromatic N) is 5. The Hall–Kier alpha value is -3.17. The minimum absolute atomic E-state index is 0.0969. The van der Waals surface area contributed by atoms with Crippen LogP contribution in [0, 0.1) is 6.92 Å². The van der Waals surface area contributed by atoms with E-state index >= 15 is 0 Å². The number of sulfonamides is 1. The van der Waals surface area contributed by atoms with E-state index in [1.807, 2.05) is 6.20 Å². The Balaban J connectivity index is 1.43. The fourth-order valence-corrected chi connectivity index (χ4v) is 4.61. The number of amides is 1. The summed E-state index contributed by atoms with van der Waals surface area (Å²) in [7, 11) is -0.545. The maximum Gasteiger partial charge on any atom is 0.253 e. The molecule has 8 nitrogen and oxygen atoms in total. The van der Waals surface area contributed by atoms with Gasteiger partial charge in [0, 0.05) is 63.9 Å². The SMILES string of the molecule is Cc1ccc(-n2ccnc2N2CCN(C(=O)c3ccc(S(=O)(=O)N(C)C)cc3)CC2)cc1. The molecule has 0 atom stereocenters. The Labute approximate surface area is 188 Å². The van der Waals surface area contributed by atoms with Gasteiger partial charge < -0.3 is 9.80 Å². The highest BCUT2D eigenvalue weighted by molar-refractivity contribution is 7.89. The number of aromatic nitrogens is 2. The van der Waals surface area contributed by atoms with Crippen molar-refractivity contribution in [1.82, 2.24) is 18.8 Å². The van der Waals surface area contributed by atoms with E-state index in [-0.39, 0.29) is 10.8 Å². The maximum atomic E-state index is 12.9. The molecule has 1 saturated heterocycles. The van der Waals surface area contributed by atoms with Crippen LogP contribution in [0.1, 0.15) is 15.9 Å². The zero-order valence-electron chi connectivity index (χ0n) is 18.5. The summed E-state index contributed by atoms with van der Waals surface area (Å²) < 4.78 is 27.7. The predicted molar refractivity (Wildman–Crippen MR) is 124 cm³/mol. The van der Waals surface area contributed by atoms with E-state index in [1.165, 1.54) is 31.8 Å². The number of rotatable bonds is 5. The largest absolute Gasteiger partial charge is 0.338 e. The van der Waals surface area contributed by atoms with Crippen LogP contribution in [0.4, 0.5) is 5.95 Å². The number of carbonyl (C=O) groups is 1. The van der Waals surface area contributed by atoms with Crippen molar-refractivity contribution in [3.05, 3.63) is 72.1 Å². The predicted octanol–water partition coefficient (Wildman–Crippen LogP) is 2.39. The number of piperazine rings is 1. The molecule has 4 rings (SSSR count). The zero-order chi connectivity index (χ0) is 22.9. The van der Waals surface area contributed by atoms with Gasteiger partial charge in [0.05, 0.1) is 4.90 Å². The van der Waals surface area contributed by atoms with Gasteiger partial charge in [-0.25, -0.2) is 17.7 Å². The Morgan fingerprint density at radius 2 is 1.56 bits per heavy atom. The van der Waals surface area contributed by atoms with E-state index in [1.54, 1.807) is 23.2 Å². The van der Waals surface area contributed by atoms with Gasteiger partial charge >= 0.3 is 0 Å². The molecule has 1 fully saturated rings. The second kappa shape index (κ2) is 8.76. The Kier molecular flexibility index (Phi) is 6.03. The molecule has 1 aliphatic rings. The topological polar surface area (TPSA) is 78.8 Å². The normalized spacial score (nSPS) is 14.8. The molecule has 9 heteroatoms. The third kappa shape index (κ3) is 4.26. The van der Waals surface area contributed by atoms with Crippen molar-refractivity contribution in [2.75, 3.05) is 45.2 Å². The number of aryl methyl sites for hydroxylation is 1. The molecule has 0 aliphatic carbocycles. The van der Waals surface area contributed by atoms with E-state index in [0.717, 1.165) is 15.9 Å². The molecule has 0 saturated carbocycles. The van der Waals surface area contributed by atoms with E-state index < -0.39 is 10.0 Å². The number of imidazole rings is 1. The van der Waals surface area contributed by atoms with Crippen molar-refractivity contribution >= 4 is 21.9 Å². The summed E-state index contributed by atoms with van der Waals surface area (Å²) in [5.41, 5.74) is 2.74. The van der Waals surface area contributed by atoms with Crippen LogP contribution in [-0.4, -0.2) is 73.4 Å². The summed E-state index contributed by atoms with van der Waals surface area (Å²) in [6.45, 7) is 4.53. The van der Waals surface area contributed by atoms with E-state index in [0.29, 0.717) is 31.7 Å². The molecule has 32 heavy (non-hydrogen) atoms. The Bertz CT molecular complexity index is 1190. The van der Waals surface area contributed by atoms with Crippen molar-refractivity contribution in [2.24, 2.45) is 0 Å². The molecular formula is C23H27N5O3S. The minimum Gasteiger partial charge on any atom is -0.338 e. The van der Waals surface area contributed by atoms with Crippen LogP contribution in [0.15, 0.2) is 65.8 Å². The first-order chi connectivity index (χ1) is 15.3. The number of anilines is 1. The van der Waals surface area contributed by atoms with Crippen molar-refractivity contribution in [1.29, 1.82) is 0 Å². The van der Waals surface area contributed by atoms with Crippen LogP contribution < -0.4 is 4.90 Å². The van der Waals surface area contributed by atoms with Gasteiger partial charge in [-0.1, -0.05) is 17.7 Å². The van der Waals surface area contributed by atoms with Crippen molar-refractivity contribution < 1.29 is 13.2 Å². The molecule has 1 aromatic heterocycles. The molecule has 168 valence electrons. The molecule has 1 aliphatic heterocycles. The monoisotopic (exact) mass is 453 g/mol. The average molecular weight is 454 g/mol. The van der Waals surface area contributed by atoms with Gasteiger partial charge in [0.25, 0.3) is 5.91 Å². The van der Waals surface area contributed by atoms with E-state index in [9.17, 15) is 13.2 Å². The smallest absolute Gasteiger partial charge is 0.253 e. The second-order valence-electron chi connectivity index (χ2n) is 8.02. The fourth-order valence-electron chi connectivity index (χ4n) is 3.71. The molecular weight excluding hydrogens is 426 g/mol. The van der Waals surface area contributed by atoms with Gasteiger partial charge in [0.15, 0.2) is 0 Å². The standard InChI is InChI=1S/C23H27N5O3S/c1-18-4-8-20(9-5-18)28-13-12-24-23(28)27-16-14-26(15-17-27)22(29)19-6-10-21(11-7-19)32(30,31)25(2)3/h4-13H,14-17H2,1-3H3. The summed E-state index contributed by atoms with van der Waals surface area (Å²) in [4.78, 5) is 21.6. The first-order valence-electron chi connectivity index (χ1n) is 10.4. The molecule has 3 aromatic rings. The van der Waals surface area contributed by atoms with Gasteiger partial charge in [-0.05, 0) is 43.3 Å². The molecule has 0 radical (unpaired) electrons. The summed E-state index contributed by atoms with van der Waals surface area (Å²) in [6.07, 6.45) is 3.73. The molecule has 0 N–H and O–H groups in total. The highest BCUT2D eigenvalue weighted by Crippen LogP contribution is 2.21. The second-order valence-corrected chi connectivity index (χ2v) is 10.2. The highest BCUT2D eigenvalue weighted by Gasteiger charge is 2.25. The minimum atomic E-state index is -3.51. The molecule has 0 bridgehead atoms. The molecule has 2 heterocycles. The lowest BCUT2D eigenvalue weighted by atomic mass is 10.2. The highest BCUT2D eigenvalue weighted by atomic mass is 32.2. The van der Waals surface area contributed by atoms with Gasteiger partial charge in [0.2, 0.25) is 16.0 Å². The van der Waals surface area contributed by atoms with E-state index in [2.05, 4.69) is 45.6 Å². The zero-order valence-corrected chi connectivity index (χ0v) is 19.3. The van der Waals surface area contributed by atoms with Crippen molar-refractivity contribution in [3.63, 3.8) is 0 Å². The maximum absolute atomic E-state index is 12.9. The number of hydrogen-bond acceptors (Lipinski definition) is 5. The Morgan fingerprint density at radius 3 is 2.16 bits per heavy atom. The lowest BCUT2D eigenvalue weighted by Gasteiger charge is -2.35. The van der Waals surface area contributed by atoms with Crippen LogP contribution in [0.3, 0.4) is 0 Å². The third-order valence-corrected chi connectivity index (χ3v) is 7.49. The quantitative estimate of drug-likeness (QED) is 0.593. The molecule has 0 unspecified atom stereocenters. The number of benzene rings is 2. The Morgan fingerprint density at radius 1 is 0.938 bits per heavy atom. The first-order valence-corrected chi connectivity index (χ1v) is 11.9. The third-order valence-electron chi connectivity index (χ3n) is 5.66. The van der Waals surface area contributed by atoms with Gasteiger partial charge in [-0.15, -0.1) is 0 Å². The van der Waals surface area contributed by atoms with Crippen LogP contribution in [0.25, 0.3) is 5.69 Å². The van der Waals surface area contributed by atoms with Crippen LogP contribution in [-0.2, 0) is 10.0 Å². The molecule has 1 amide bonds. The molecule has 0 spiro atoms. The van der Waals surface area contributed by atoms with Gasteiger partial charge in [-0.2, -0.15) is 0 Å². The van der Waals surface area contributed by atoms with Crippen molar-refractivity contribution in [2.45, 2.75) is 11.8 Å². The van der Waals surface area contributed by atoms with Crippen molar-refractivity contribution in [3.8, 4) is 5.69 Å². The summed E-state index contributed by atoms with van der Waals surface area (Å²) in [5.74, 6) is 0.763. The van der Waals surface area contributed by atoms with Crippen LogP contribution in [0.2, 0.25) is 0 Å². The summed E-state index contributed by atoms with van der Waals surface area (Å²) in [6, 6.07) is 14.4. The molecule has 2 aromatic carbocycles. The van der Waals surface area contributed by atoms with Gasteiger partial charge in [-0.3, -0.25) is 9.36 Å². The number of carbonyl (C=O) groups excluding carboxylic acids is 1. The summed E-state index contributed by atoms with van der Waals surface area (Å²) in [5, 5.41) is 0. The average Bonchev–Trinajstić information content (AvgIpc) is 3.29. The number of hydrogen-bond donors (Lipinski definition) is 0. The van der Waals surface area contributed by atoms with Crippen LogP contribution >= 0.6 is 0 Å². The summed E-state index contributed by atoms with van der Waals surface area (Å²) >= 11 is 0.